The van der Waals surface area contributed by atoms with Crippen molar-refractivity contribution in [2.75, 3.05) is 25.0 Å². The Morgan fingerprint density at radius 3 is 2.50 bits per heavy atom. The number of aryl methyl sites for hydroxylation is 1. The molecule has 2 aromatic heterocycles. The molecule has 36 heavy (non-hydrogen) atoms. The summed E-state index contributed by atoms with van der Waals surface area (Å²) in [5, 5.41) is 5.41. The van der Waals surface area contributed by atoms with Crippen LogP contribution in [0.1, 0.15) is 39.4 Å². The minimum Gasteiger partial charge on any atom is -0.480 e. The Kier molecular flexibility index (Phi) is 6.44. The number of nitrogens with one attached hydrogen (secondary N) is 2. The molecule has 5 rings (SSSR count). The first-order valence-corrected chi connectivity index (χ1v) is 11.6. The first kappa shape index (κ1) is 23.2. The number of hydrogen-bond donors (Lipinski definition) is 2. The van der Waals surface area contributed by atoms with Crippen molar-refractivity contribution >= 4 is 23.5 Å². The van der Waals surface area contributed by atoms with Crippen LogP contribution in [0.5, 0.6) is 17.2 Å². The number of nitrogens with zero attached hydrogens (tertiary/aromatic N) is 4. The molecule has 184 valence electrons. The Bertz CT molecular complexity index is 1290. The Morgan fingerprint density at radius 2 is 1.86 bits per heavy atom. The molecule has 0 radical (unpaired) electrons. The molecule has 2 aliphatic heterocycles. The highest BCUT2D eigenvalue weighted by atomic mass is 16.5. The number of amides is 3. The predicted molar refractivity (Wildman–Crippen MR) is 128 cm³/mol. The van der Waals surface area contributed by atoms with Gasteiger partial charge >= 0.3 is 0 Å². The van der Waals surface area contributed by atoms with E-state index >= 15 is 0 Å². The van der Waals surface area contributed by atoms with Crippen LogP contribution in [-0.2, 0) is 4.79 Å². The van der Waals surface area contributed by atoms with Crippen LogP contribution < -0.4 is 20.1 Å². The van der Waals surface area contributed by atoms with Crippen molar-refractivity contribution in [3.8, 4) is 17.2 Å². The van der Waals surface area contributed by atoms with Crippen molar-refractivity contribution in [3.05, 3.63) is 65.9 Å². The van der Waals surface area contributed by atoms with Crippen LogP contribution in [0.15, 0.2) is 48.9 Å². The molecule has 11 heteroatoms. The number of anilines is 1. The molecule has 11 nitrogen and oxygen atoms in total. The van der Waals surface area contributed by atoms with Gasteiger partial charge < -0.3 is 25.0 Å². The lowest BCUT2D eigenvalue weighted by atomic mass is 10.1. The summed E-state index contributed by atoms with van der Waals surface area (Å²) in [4.78, 5) is 51.5. The molecule has 2 fully saturated rings. The molecule has 3 aromatic rings. The number of ether oxygens (including phenoxy) is 2. The van der Waals surface area contributed by atoms with Crippen LogP contribution in [0.25, 0.3) is 0 Å². The summed E-state index contributed by atoms with van der Waals surface area (Å²) >= 11 is 0. The number of aromatic nitrogens is 3. The topological polar surface area (TPSA) is 136 Å². The highest BCUT2D eigenvalue weighted by Gasteiger charge is 2.27. The first-order chi connectivity index (χ1) is 17.4. The third-order valence-electron chi connectivity index (χ3n) is 5.78. The molecule has 0 saturated carbocycles. The van der Waals surface area contributed by atoms with Crippen molar-refractivity contribution in [1.29, 1.82) is 0 Å². The Labute approximate surface area is 206 Å². The van der Waals surface area contributed by atoms with Gasteiger partial charge in [-0.05, 0) is 37.6 Å². The number of likely N-dealkylation sites (tertiary alicyclic amines) is 1. The summed E-state index contributed by atoms with van der Waals surface area (Å²) in [7, 11) is 0. The molecule has 2 N–H and O–H groups in total. The molecule has 4 heterocycles. The van der Waals surface area contributed by atoms with Crippen molar-refractivity contribution in [3.63, 3.8) is 0 Å². The van der Waals surface area contributed by atoms with E-state index in [1.807, 2.05) is 0 Å². The number of hydrogen-bond acceptors (Lipinski definition) is 8. The van der Waals surface area contributed by atoms with Crippen molar-refractivity contribution < 1.29 is 23.9 Å². The molecule has 0 bridgehead atoms. The predicted octanol–water partition coefficient (Wildman–Crippen LogP) is 2.34. The molecule has 0 unspecified atom stereocenters. The van der Waals surface area contributed by atoms with E-state index in [1.165, 1.54) is 24.5 Å². The third kappa shape index (κ3) is 5.24. The first-order valence-electron chi connectivity index (χ1n) is 11.6. The van der Waals surface area contributed by atoms with Crippen LogP contribution >= 0.6 is 0 Å². The number of rotatable bonds is 7. The number of benzene rings is 1. The van der Waals surface area contributed by atoms with E-state index in [9.17, 15) is 14.4 Å². The van der Waals surface area contributed by atoms with Gasteiger partial charge in [0.05, 0.1) is 24.3 Å². The standard InChI is InChI=1S/C25H24N6O5/c1-15-12-29-22(14-27-15)30-23(32)16-9-18(11-19(10-16)36-21-5-6-26-24(21)33)35-17-3-4-20(28-13-17)25(34)31-7-2-8-31/h3-4,9-14,21H,2,5-8H2,1H3,(H,26,33)(H,29,30,32)/t21-/m1/s1. The Morgan fingerprint density at radius 1 is 1.03 bits per heavy atom. The second kappa shape index (κ2) is 9.98. The quantitative estimate of drug-likeness (QED) is 0.517. The second-order valence-electron chi connectivity index (χ2n) is 8.50. The van der Waals surface area contributed by atoms with E-state index in [0.717, 1.165) is 25.2 Å². The summed E-state index contributed by atoms with van der Waals surface area (Å²) in [6.07, 6.45) is 5.31. The second-order valence-corrected chi connectivity index (χ2v) is 8.50. The maximum atomic E-state index is 13.0. The summed E-state index contributed by atoms with van der Waals surface area (Å²) in [6.45, 7) is 3.80. The number of pyridine rings is 1. The van der Waals surface area contributed by atoms with Crippen LogP contribution in [0.3, 0.4) is 0 Å². The SMILES string of the molecule is Cc1cnc(NC(=O)c2cc(Oc3ccc(C(=O)N4CCC4)nc3)cc(O[C@@H]3CCNC3=O)c2)cn1. The van der Waals surface area contributed by atoms with E-state index in [2.05, 4.69) is 25.6 Å². The number of carbonyl (C=O) groups is 3. The Balaban J connectivity index is 1.37. The summed E-state index contributed by atoms with van der Waals surface area (Å²) in [6, 6.07) is 7.90. The molecule has 2 aliphatic rings. The average molecular weight is 489 g/mol. The molecule has 1 aromatic carbocycles. The van der Waals surface area contributed by atoms with Gasteiger partial charge in [-0.1, -0.05) is 0 Å². The monoisotopic (exact) mass is 488 g/mol. The maximum absolute atomic E-state index is 13.0. The Hall–Kier alpha value is -4.54. The minimum absolute atomic E-state index is 0.115. The molecule has 2 saturated heterocycles. The van der Waals surface area contributed by atoms with E-state index in [4.69, 9.17) is 9.47 Å². The van der Waals surface area contributed by atoms with Crippen LogP contribution in [0, 0.1) is 6.92 Å². The van der Waals surface area contributed by atoms with Gasteiger partial charge in [0.15, 0.2) is 11.9 Å². The lowest BCUT2D eigenvalue weighted by molar-refractivity contribution is -0.124. The van der Waals surface area contributed by atoms with E-state index < -0.39 is 12.0 Å². The van der Waals surface area contributed by atoms with Crippen LogP contribution in [0.2, 0.25) is 0 Å². The highest BCUT2D eigenvalue weighted by molar-refractivity contribution is 6.04. The van der Waals surface area contributed by atoms with Gasteiger partial charge in [0, 0.05) is 37.7 Å². The zero-order valence-electron chi connectivity index (χ0n) is 19.6. The third-order valence-corrected chi connectivity index (χ3v) is 5.78. The zero-order valence-corrected chi connectivity index (χ0v) is 19.6. The van der Waals surface area contributed by atoms with E-state index in [0.29, 0.717) is 41.7 Å². The van der Waals surface area contributed by atoms with Crippen LogP contribution in [0.4, 0.5) is 5.82 Å². The molecular formula is C25H24N6O5. The summed E-state index contributed by atoms with van der Waals surface area (Å²) in [5.41, 5.74) is 1.30. The normalized spacial score (nSPS) is 16.6. The van der Waals surface area contributed by atoms with Gasteiger partial charge in [-0.25, -0.2) is 9.97 Å². The fourth-order valence-electron chi connectivity index (χ4n) is 3.71. The molecule has 0 spiro atoms. The molecule has 1 atom stereocenters. The minimum atomic E-state index is -0.660. The smallest absolute Gasteiger partial charge is 0.272 e. The molecule has 0 aliphatic carbocycles. The van der Waals surface area contributed by atoms with Gasteiger partial charge in [-0.2, -0.15) is 0 Å². The van der Waals surface area contributed by atoms with E-state index in [-0.39, 0.29) is 17.4 Å². The van der Waals surface area contributed by atoms with Gasteiger partial charge in [0.25, 0.3) is 17.7 Å². The maximum Gasteiger partial charge on any atom is 0.272 e. The van der Waals surface area contributed by atoms with E-state index in [1.54, 1.807) is 36.2 Å². The fourth-order valence-corrected chi connectivity index (χ4v) is 3.71. The van der Waals surface area contributed by atoms with Gasteiger partial charge in [-0.15, -0.1) is 0 Å². The van der Waals surface area contributed by atoms with Gasteiger partial charge in [0.1, 0.15) is 22.9 Å². The summed E-state index contributed by atoms with van der Waals surface area (Å²) in [5.74, 6) is 0.489. The van der Waals surface area contributed by atoms with Crippen molar-refractivity contribution in [1.82, 2.24) is 25.2 Å². The highest BCUT2D eigenvalue weighted by Crippen LogP contribution is 2.29. The van der Waals surface area contributed by atoms with Gasteiger partial charge in [-0.3, -0.25) is 19.4 Å². The molecule has 3 amide bonds. The van der Waals surface area contributed by atoms with Crippen molar-refractivity contribution in [2.45, 2.75) is 25.9 Å². The van der Waals surface area contributed by atoms with Crippen LogP contribution in [-0.4, -0.2) is 63.3 Å². The largest absolute Gasteiger partial charge is 0.480 e. The molecular weight excluding hydrogens is 464 g/mol. The lowest BCUT2D eigenvalue weighted by Gasteiger charge is -2.30. The lowest BCUT2D eigenvalue weighted by Crippen LogP contribution is -2.42. The summed E-state index contributed by atoms with van der Waals surface area (Å²) < 4.78 is 11.8. The van der Waals surface area contributed by atoms with Gasteiger partial charge in [0.2, 0.25) is 0 Å². The zero-order chi connectivity index (χ0) is 25.1. The average Bonchev–Trinajstić information content (AvgIpc) is 3.24. The van der Waals surface area contributed by atoms with Crippen molar-refractivity contribution in [2.24, 2.45) is 0 Å². The number of carbonyl (C=O) groups excluding carboxylic acids is 3. The fraction of sp³-hybridized carbons (Fsp3) is 0.280.